The number of amides is 1. The Labute approximate surface area is 144 Å². The number of hydrogen-bond donors (Lipinski definition) is 2. The molecule has 0 unspecified atom stereocenters. The number of nitro benzene ring substituents is 1. The smallest absolute Gasteiger partial charge is 0.340 e. The SMILES string of the molecule is CNc1ccccc1C(=O)OCC(=O)Nc1c(C)cccc1[N+](=O)[O-]. The molecule has 0 atom stereocenters. The van der Waals surface area contributed by atoms with Gasteiger partial charge < -0.3 is 15.4 Å². The van der Waals surface area contributed by atoms with Gasteiger partial charge in [0.25, 0.3) is 11.6 Å². The Morgan fingerprint density at radius 1 is 1.16 bits per heavy atom. The number of carbonyl (C=O) groups excluding carboxylic acids is 2. The number of hydrogen-bond acceptors (Lipinski definition) is 6. The van der Waals surface area contributed by atoms with Gasteiger partial charge in [0.15, 0.2) is 6.61 Å². The number of aryl methyl sites for hydroxylation is 1. The van der Waals surface area contributed by atoms with Crippen LogP contribution in [0.3, 0.4) is 0 Å². The molecule has 1 amide bonds. The Balaban J connectivity index is 2.05. The van der Waals surface area contributed by atoms with Crippen LogP contribution in [0.4, 0.5) is 17.1 Å². The lowest BCUT2D eigenvalue weighted by molar-refractivity contribution is -0.384. The molecule has 2 aromatic carbocycles. The van der Waals surface area contributed by atoms with Crippen LogP contribution in [0.15, 0.2) is 42.5 Å². The van der Waals surface area contributed by atoms with Crippen molar-refractivity contribution in [3.63, 3.8) is 0 Å². The van der Waals surface area contributed by atoms with E-state index in [1.807, 2.05) is 0 Å². The number of anilines is 2. The second kappa shape index (κ2) is 7.91. The summed E-state index contributed by atoms with van der Waals surface area (Å²) in [6.45, 7) is 1.08. The fraction of sp³-hybridized carbons (Fsp3) is 0.176. The Kier molecular flexibility index (Phi) is 5.67. The Morgan fingerprint density at radius 3 is 2.56 bits per heavy atom. The monoisotopic (exact) mass is 343 g/mol. The van der Waals surface area contributed by atoms with Crippen molar-refractivity contribution in [3.8, 4) is 0 Å². The van der Waals surface area contributed by atoms with Crippen LogP contribution in [0.25, 0.3) is 0 Å². The van der Waals surface area contributed by atoms with E-state index in [1.165, 1.54) is 12.1 Å². The zero-order chi connectivity index (χ0) is 18.4. The van der Waals surface area contributed by atoms with Crippen LogP contribution in [-0.4, -0.2) is 30.5 Å². The summed E-state index contributed by atoms with van der Waals surface area (Å²) in [5.74, 6) is -1.33. The molecule has 0 bridgehead atoms. The van der Waals surface area contributed by atoms with Crippen LogP contribution in [0.5, 0.6) is 0 Å². The number of esters is 1. The lowest BCUT2D eigenvalue weighted by Gasteiger charge is -2.11. The predicted octanol–water partition coefficient (Wildman–Crippen LogP) is 2.74. The standard InChI is InChI=1S/C17H17N3O5/c1-11-6-5-9-14(20(23)24)16(11)19-15(21)10-25-17(22)12-7-3-4-8-13(12)18-2/h3-9,18H,10H2,1-2H3,(H,19,21). The molecular formula is C17H17N3O5. The first-order valence-electron chi connectivity index (χ1n) is 7.41. The van der Waals surface area contributed by atoms with E-state index < -0.39 is 23.4 Å². The van der Waals surface area contributed by atoms with E-state index in [0.717, 1.165) is 0 Å². The average molecular weight is 343 g/mol. The van der Waals surface area contributed by atoms with Crippen LogP contribution in [0.1, 0.15) is 15.9 Å². The number of para-hydroxylation sites is 2. The first kappa shape index (κ1) is 17.9. The first-order chi connectivity index (χ1) is 11.9. The van der Waals surface area contributed by atoms with Crippen molar-refractivity contribution in [2.45, 2.75) is 6.92 Å². The van der Waals surface area contributed by atoms with Crippen LogP contribution in [0, 0.1) is 17.0 Å². The number of nitro groups is 1. The van der Waals surface area contributed by atoms with Crippen LogP contribution in [-0.2, 0) is 9.53 Å². The lowest BCUT2D eigenvalue weighted by Crippen LogP contribution is -2.22. The second-order valence-electron chi connectivity index (χ2n) is 5.15. The molecule has 0 spiro atoms. The largest absolute Gasteiger partial charge is 0.452 e. The van der Waals surface area contributed by atoms with Crippen molar-refractivity contribution in [1.82, 2.24) is 0 Å². The predicted molar refractivity (Wildman–Crippen MR) is 92.7 cm³/mol. The topological polar surface area (TPSA) is 111 Å². The molecule has 0 aliphatic rings. The van der Waals surface area contributed by atoms with Gasteiger partial charge in [-0.25, -0.2) is 4.79 Å². The summed E-state index contributed by atoms with van der Waals surface area (Å²) in [6, 6.07) is 11.2. The summed E-state index contributed by atoms with van der Waals surface area (Å²) in [5.41, 5.74) is 1.26. The van der Waals surface area contributed by atoms with Crippen LogP contribution in [0.2, 0.25) is 0 Å². The normalized spacial score (nSPS) is 10.0. The maximum Gasteiger partial charge on any atom is 0.340 e. The summed E-state index contributed by atoms with van der Waals surface area (Å²) in [7, 11) is 1.66. The molecule has 0 heterocycles. The lowest BCUT2D eigenvalue weighted by atomic mass is 10.1. The third kappa shape index (κ3) is 4.31. The number of nitrogens with one attached hydrogen (secondary N) is 2. The van der Waals surface area contributed by atoms with Gasteiger partial charge in [0.1, 0.15) is 5.69 Å². The Morgan fingerprint density at radius 2 is 1.88 bits per heavy atom. The molecule has 0 aliphatic heterocycles. The van der Waals surface area contributed by atoms with E-state index in [4.69, 9.17) is 4.74 Å². The van der Waals surface area contributed by atoms with E-state index in [-0.39, 0.29) is 11.4 Å². The highest BCUT2D eigenvalue weighted by Gasteiger charge is 2.19. The molecule has 2 N–H and O–H groups in total. The maximum absolute atomic E-state index is 12.1. The fourth-order valence-corrected chi connectivity index (χ4v) is 2.23. The van der Waals surface area contributed by atoms with Gasteiger partial charge in [-0.1, -0.05) is 24.3 Å². The Bertz CT molecular complexity index is 820. The van der Waals surface area contributed by atoms with Crippen LogP contribution >= 0.6 is 0 Å². The quantitative estimate of drug-likeness (QED) is 0.474. The fourth-order valence-electron chi connectivity index (χ4n) is 2.23. The highest BCUT2D eigenvalue weighted by atomic mass is 16.6. The average Bonchev–Trinajstić information content (AvgIpc) is 2.61. The van der Waals surface area contributed by atoms with Crippen LogP contribution < -0.4 is 10.6 Å². The van der Waals surface area contributed by atoms with Gasteiger partial charge in [-0.05, 0) is 24.6 Å². The molecule has 130 valence electrons. The van der Waals surface area contributed by atoms with Crippen molar-refractivity contribution < 1.29 is 19.2 Å². The van der Waals surface area contributed by atoms with Gasteiger partial charge in [-0.15, -0.1) is 0 Å². The third-order valence-electron chi connectivity index (χ3n) is 3.46. The highest BCUT2D eigenvalue weighted by molar-refractivity contribution is 5.99. The molecule has 2 rings (SSSR count). The molecule has 8 nitrogen and oxygen atoms in total. The molecule has 0 radical (unpaired) electrons. The van der Waals surface area contributed by atoms with Gasteiger partial charge in [0.05, 0.1) is 10.5 Å². The molecular weight excluding hydrogens is 326 g/mol. The van der Waals surface area contributed by atoms with E-state index in [1.54, 1.807) is 44.3 Å². The molecule has 25 heavy (non-hydrogen) atoms. The van der Waals surface area contributed by atoms with Gasteiger partial charge in [-0.2, -0.15) is 0 Å². The summed E-state index contributed by atoms with van der Waals surface area (Å²) in [5, 5.41) is 16.3. The molecule has 8 heteroatoms. The van der Waals surface area contributed by atoms with E-state index in [2.05, 4.69) is 10.6 Å². The minimum absolute atomic E-state index is 0.0872. The number of rotatable bonds is 6. The number of benzene rings is 2. The van der Waals surface area contributed by atoms with Crippen molar-refractivity contribution in [3.05, 3.63) is 63.7 Å². The molecule has 0 aliphatic carbocycles. The second-order valence-corrected chi connectivity index (χ2v) is 5.15. The summed E-state index contributed by atoms with van der Waals surface area (Å²) in [4.78, 5) is 34.5. The van der Waals surface area contributed by atoms with Crippen molar-refractivity contribution in [1.29, 1.82) is 0 Å². The zero-order valence-electron chi connectivity index (χ0n) is 13.7. The molecule has 0 aromatic heterocycles. The maximum atomic E-state index is 12.1. The third-order valence-corrected chi connectivity index (χ3v) is 3.46. The number of ether oxygens (including phenoxy) is 1. The summed E-state index contributed by atoms with van der Waals surface area (Å²) >= 11 is 0. The van der Waals surface area contributed by atoms with Crippen molar-refractivity contribution in [2.75, 3.05) is 24.3 Å². The summed E-state index contributed by atoms with van der Waals surface area (Å²) in [6.07, 6.45) is 0. The first-order valence-corrected chi connectivity index (χ1v) is 7.41. The zero-order valence-corrected chi connectivity index (χ0v) is 13.7. The van der Waals surface area contributed by atoms with E-state index in [9.17, 15) is 19.7 Å². The van der Waals surface area contributed by atoms with Gasteiger partial charge >= 0.3 is 5.97 Å². The minimum atomic E-state index is -0.667. The Hall–Kier alpha value is -3.42. The van der Waals surface area contributed by atoms with E-state index >= 15 is 0 Å². The van der Waals surface area contributed by atoms with E-state index in [0.29, 0.717) is 16.8 Å². The number of carbonyl (C=O) groups is 2. The van der Waals surface area contributed by atoms with Crippen molar-refractivity contribution >= 4 is 28.9 Å². The van der Waals surface area contributed by atoms with Crippen molar-refractivity contribution in [2.24, 2.45) is 0 Å². The molecule has 0 saturated carbocycles. The molecule has 2 aromatic rings. The summed E-state index contributed by atoms with van der Waals surface area (Å²) < 4.78 is 4.98. The number of nitrogens with zero attached hydrogens (tertiary/aromatic N) is 1. The molecule has 0 fully saturated rings. The minimum Gasteiger partial charge on any atom is -0.452 e. The van der Waals surface area contributed by atoms with Gasteiger partial charge in [0, 0.05) is 18.8 Å². The van der Waals surface area contributed by atoms with Gasteiger partial charge in [0.2, 0.25) is 0 Å². The van der Waals surface area contributed by atoms with Gasteiger partial charge in [-0.3, -0.25) is 14.9 Å². The highest BCUT2D eigenvalue weighted by Crippen LogP contribution is 2.27. The molecule has 0 saturated heterocycles.